The van der Waals surface area contributed by atoms with Crippen molar-refractivity contribution in [2.24, 2.45) is 0 Å². The highest BCUT2D eigenvalue weighted by Gasteiger charge is 2.21. The third-order valence-corrected chi connectivity index (χ3v) is 5.56. The van der Waals surface area contributed by atoms with E-state index in [1.165, 1.54) is 71.4 Å². The lowest BCUT2D eigenvalue weighted by atomic mass is 10.3. The first-order valence-corrected chi connectivity index (χ1v) is 11.8. The summed E-state index contributed by atoms with van der Waals surface area (Å²) < 4.78 is 42.6. The van der Waals surface area contributed by atoms with Crippen molar-refractivity contribution in [3.8, 4) is 11.6 Å². The van der Waals surface area contributed by atoms with Crippen molar-refractivity contribution in [2.45, 2.75) is 18.7 Å². The van der Waals surface area contributed by atoms with Crippen LogP contribution in [0.5, 0.6) is 11.6 Å². The number of nitrogens with one attached hydrogen (secondary N) is 1. The first-order chi connectivity index (χ1) is 16.8. The second-order valence-electron chi connectivity index (χ2n) is 6.56. The van der Waals surface area contributed by atoms with Gasteiger partial charge in [-0.3, -0.25) is 10.0 Å². The van der Waals surface area contributed by atoms with Crippen LogP contribution < -0.4 is 10.2 Å². The van der Waals surface area contributed by atoms with Crippen LogP contribution in [0.4, 0.5) is 9.18 Å². The van der Waals surface area contributed by atoms with E-state index in [0.29, 0.717) is 5.75 Å². The summed E-state index contributed by atoms with van der Waals surface area (Å²) in [5, 5.41) is 8.84. The number of carbonyl (C=O) groups is 2. The van der Waals surface area contributed by atoms with Gasteiger partial charge in [-0.05, 0) is 30.3 Å². The molecule has 2 rings (SSSR count). The van der Waals surface area contributed by atoms with E-state index in [1.807, 2.05) is 13.8 Å². The molecule has 2 amide bonds. The number of hydrogen-bond donors (Lipinski definition) is 2. The minimum absolute atomic E-state index is 0.0315. The molecule has 13 heteroatoms. The van der Waals surface area contributed by atoms with Crippen LogP contribution in [-0.4, -0.2) is 82.6 Å². The van der Waals surface area contributed by atoms with Gasteiger partial charge in [-0.25, -0.2) is 28.2 Å². The fourth-order valence-corrected chi connectivity index (χ4v) is 3.50. The lowest BCUT2D eigenvalue weighted by Crippen LogP contribution is -2.42. The second-order valence-corrected chi connectivity index (χ2v) is 8.05. The summed E-state index contributed by atoms with van der Waals surface area (Å²) in [5.41, 5.74) is 1.49. The Hall–Kier alpha value is -3.13. The van der Waals surface area contributed by atoms with Crippen LogP contribution in [-0.2, 0) is 25.3 Å². The molecule has 0 saturated carbocycles. The first kappa shape index (κ1) is 29.9. The number of rotatable bonds is 12. The number of carbonyl (C=O) groups excluding carboxylic acids is 2. The van der Waals surface area contributed by atoms with Crippen LogP contribution in [0.2, 0.25) is 0 Å². The SMILES string of the molecule is CC.COCCOC(=O)N(C)CCN(CC(=O)NO)S(=O)c1ccc(Oc2ccc(F)cc2)nc1. The molecule has 35 heavy (non-hydrogen) atoms. The minimum Gasteiger partial charge on any atom is -0.447 e. The Labute approximate surface area is 206 Å². The molecule has 0 saturated heterocycles. The number of pyridine rings is 1. The van der Waals surface area contributed by atoms with Gasteiger partial charge in [-0.15, -0.1) is 0 Å². The zero-order chi connectivity index (χ0) is 26.2. The topological polar surface area (TPSA) is 131 Å². The molecule has 0 spiro atoms. The summed E-state index contributed by atoms with van der Waals surface area (Å²) in [6.45, 7) is 4.06. The standard InChI is InChI=1S/C20H25FN4O7S.C2H6/c1-24(20(27)31-12-11-30-2)9-10-25(14-18(26)23-28)33(29)17-7-8-19(22-13-17)32-16-5-3-15(21)4-6-16;1-2/h3-8,13,28H,9-12,14H2,1-2H3,(H,23,26);1-2H3. The highest BCUT2D eigenvalue weighted by atomic mass is 32.2. The summed E-state index contributed by atoms with van der Waals surface area (Å²) in [4.78, 5) is 29.2. The molecule has 1 aromatic carbocycles. The molecule has 194 valence electrons. The van der Waals surface area contributed by atoms with Crippen LogP contribution in [0.3, 0.4) is 0 Å². The lowest BCUT2D eigenvalue weighted by Gasteiger charge is -2.23. The van der Waals surface area contributed by atoms with Gasteiger partial charge in [0, 0.05) is 39.5 Å². The normalized spacial score (nSPS) is 11.2. The number of halogens is 1. The number of nitrogens with zero attached hydrogens (tertiary/aromatic N) is 3. The van der Waals surface area contributed by atoms with Crippen molar-refractivity contribution in [1.29, 1.82) is 0 Å². The number of ether oxygens (including phenoxy) is 3. The van der Waals surface area contributed by atoms with Crippen molar-refractivity contribution in [3.63, 3.8) is 0 Å². The summed E-state index contributed by atoms with van der Waals surface area (Å²) >= 11 is 0. The maximum atomic E-state index is 13.0. The average Bonchev–Trinajstić information content (AvgIpc) is 2.88. The van der Waals surface area contributed by atoms with Crippen molar-refractivity contribution in [2.75, 3.05) is 47.0 Å². The zero-order valence-corrected chi connectivity index (χ0v) is 20.9. The minimum atomic E-state index is -1.84. The number of hydroxylamine groups is 1. The smallest absolute Gasteiger partial charge is 0.409 e. The molecule has 0 fully saturated rings. The van der Waals surface area contributed by atoms with Crippen LogP contribution in [0.1, 0.15) is 13.8 Å². The van der Waals surface area contributed by atoms with Gasteiger partial charge in [-0.1, -0.05) is 13.8 Å². The highest BCUT2D eigenvalue weighted by molar-refractivity contribution is 7.82. The molecule has 1 atom stereocenters. The van der Waals surface area contributed by atoms with Crippen LogP contribution >= 0.6 is 0 Å². The van der Waals surface area contributed by atoms with E-state index >= 15 is 0 Å². The maximum Gasteiger partial charge on any atom is 0.409 e. The van der Waals surface area contributed by atoms with Crippen molar-refractivity contribution in [1.82, 2.24) is 19.7 Å². The molecule has 0 aliphatic carbocycles. The Bertz CT molecular complexity index is 932. The van der Waals surface area contributed by atoms with Gasteiger partial charge in [0.2, 0.25) is 5.88 Å². The Kier molecular flexibility index (Phi) is 14.1. The molecule has 11 nitrogen and oxygen atoms in total. The van der Waals surface area contributed by atoms with Crippen LogP contribution in [0, 0.1) is 5.82 Å². The van der Waals surface area contributed by atoms with Gasteiger partial charge in [0.25, 0.3) is 5.91 Å². The Morgan fingerprint density at radius 1 is 1.11 bits per heavy atom. The predicted molar refractivity (Wildman–Crippen MR) is 126 cm³/mol. The van der Waals surface area contributed by atoms with Crippen molar-refractivity contribution < 1.29 is 37.6 Å². The number of aromatic nitrogens is 1. The van der Waals surface area contributed by atoms with Gasteiger partial charge >= 0.3 is 6.09 Å². The zero-order valence-electron chi connectivity index (χ0n) is 20.1. The van der Waals surface area contributed by atoms with E-state index < -0.39 is 35.3 Å². The van der Waals surface area contributed by atoms with Crippen molar-refractivity contribution >= 4 is 23.0 Å². The van der Waals surface area contributed by atoms with Gasteiger partial charge in [0.1, 0.15) is 29.2 Å². The molecule has 0 radical (unpaired) electrons. The second kappa shape index (κ2) is 16.5. The summed E-state index contributed by atoms with van der Waals surface area (Å²) in [7, 11) is 1.13. The van der Waals surface area contributed by atoms with Gasteiger partial charge in [0.15, 0.2) is 0 Å². The Morgan fingerprint density at radius 3 is 2.37 bits per heavy atom. The number of methoxy groups -OCH3 is 1. The highest BCUT2D eigenvalue weighted by Crippen LogP contribution is 2.21. The van der Waals surface area contributed by atoms with Gasteiger partial charge in [-0.2, -0.15) is 0 Å². The molecule has 0 aliphatic rings. The summed E-state index contributed by atoms with van der Waals surface area (Å²) in [6.07, 6.45) is 0.704. The van der Waals surface area contributed by atoms with Gasteiger partial charge < -0.3 is 19.1 Å². The molecule has 1 unspecified atom stereocenters. The molecular formula is C22H31FN4O7S. The first-order valence-electron chi connectivity index (χ1n) is 10.7. The summed E-state index contributed by atoms with van der Waals surface area (Å²) in [6, 6.07) is 8.33. The number of benzene rings is 1. The molecule has 1 heterocycles. The Balaban J connectivity index is 0.00000298. The van der Waals surface area contributed by atoms with E-state index in [4.69, 9.17) is 19.4 Å². The fraction of sp³-hybridized carbons (Fsp3) is 0.409. The van der Waals surface area contributed by atoms with E-state index in [2.05, 4.69) is 4.98 Å². The maximum absolute atomic E-state index is 13.0. The Morgan fingerprint density at radius 2 is 1.80 bits per heavy atom. The molecule has 0 bridgehead atoms. The molecule has 0 aliphatic heterocycles. The molecule has 2 N–H and O–H groups in total. The fourth-order valence-electron chi connectivity index (χ4n) is 2.39. The summed E-state index contributed by atoms with van der Waals surface area (Å²) in [5.74, 6) is -0.611. The van der Waals surface area contributed by atoms with Crippen LogP contribution in [0.15, 0.2) is 47.5 Å². The third-order valence-electron chi connectivity index (χ3n) is 4.14. The van der Waals surface area contributed by atoms with Crippen LogP contribution in [0.25, 0.3) is 0 Å². The van der Waals surface area contributed by atoms with E-state index in [-0.39, 0.29) is 37.1 Å². The molecule has 2 aromatic rings. The van der Waals surface area contributed by atoms with Crippen molar-refractivity contribution in [3.05, 3.63) is 48.4 Å². The van der Waals surface area contributed by atoms with E-state index in [0.717, 1.165) is 0 Å². The lowest BCUT2D eigenvalue weighted by molar-refractivity contribution is -0.129. The predicted octanol–water partition coefficient (Wildman–Crippen LogP) is 2.58. The van der Waals surface area contributed by atoms with Gasteiger partial charge in [0.05, 0.1) is 18.0 Å². The number of amides is 2. The third kappa shape index (κ3) is 10.8. The monoisotopic (exact) mass is 514 g/mol. The molecular weight excluding hydrogens is 483 g/mol. The quantitative estimate of drug-likeness (QED) is 0.251. The largest absolute Gasteiger partial charge is 0.447 e. The number of likely N-dealkylation sites (N-methyl/N-ethyl adjacent to an activating group) is 1. The average molecular weight is 515 g/mol. The van der Waals surface area contributed by atoms with E-state index in [9.17, 15) is 18.2 Å². The number of hydrogen-bond acceptors (Lipinski definition) is 8. The van der Waals surface area contributed by atoms with E-state index in [1.54, 1.807) is 0 Å². The molecule has 1 aromatic heterocycles.